The van der Waals surface area contributed by atoms with Crippen LogP contribution in [-0.4, -0.2) is 19.4 Å². The number of hydrogen-bond donors (Lipinski definition) is 2. The van der Waals surface area contributed by atoms with Gasteiger partial charge < -0.3 is 10.4 Å². The molecule has 1 atom stereocenters. The minimum atomic E-state index is -3.73. The summed E-state index contributed by atoms with van der Waals surface area (Å²) in [4.78, 5) is 13.3. The summed E-state index contributed by atoms with van der Waals surface area (Å²) >= 11 is 1.31. The van der Waals surface area contributed by atoms with Crippen LogP contribution in [0.15, 0.2) is 69.8 Å². The van der Waals surface area contributed by atoms with Crippen molar-refractivity contribution in [2.75, 3.05) is 5.32 Å². The molecule has 2 N–H and O–H groups in total. The maximum Gasteiger partial charge on any atom is 0.225 e. The van der Waals surface area contributed by atoms with E-state index in [0.29, 0.717) is 5.69 Å². The zero-order valence-corrected chi connectivity index (χ0v) is 15.2. The Bertz CT molecular complexity index is 1090. The Hall–Kier alpha value is -2.64. The Morgan fingerprint density at radius 2 is 1.85 bits per heavy atom. The van der Waals surface area contributed by atoms with Crippen LogP contribution in [-0.2, 0) is 14.6 Å². The Kier molecular flexibility index (Phi) is 4.05. The van der Waals surface area contributed by atoms with Crippen molar-refractivity contribution in [3.05, 3.63) is 70.4 Å². The Morgan fingerprint density at radius 1 is 1.08 bits per heavy atom. The SMILES string of the molecule is O=C1C[C@@H](c2cccc(O)c2)c2scc(S(=O)(=O)c3ccccc3)c2N1. The number of thiophene rings is 1. The fraction of sp³-hybridized carbons (Fsp3) is 0.105. The van der Waals surface area contributed by atoms with Gasteiger partial charge in [-0.1, -0.05) is 30.3 Å². The van der Waals surface area contributed by atoms with Crippen molar-refractivity contribution < 1.29 is 18.3 Å². The van der Waals surface area contributed by atoms with Gasteiger partial charge in [0.05, 0.1) is 10.6 Å². The first-order valence-electron chi connectivity index (χ1n) is 7.97. The van der Waals surface area contributed by atoms with Gasteiger partial charge in [-0.25, -0.2) is 8.42 Å². The van der Waals surface area contributed by atoms with E-state index in [-0.39, 0.29) is 33.8 Å². The van der Waals surface area contributed by atoms with Gasteiger partial charge in [0.2, 0.25) is 15.7 Å². The number of phenolic OH excluding ortho intramolecular Hbond substituents is 1. The number of anilines is 1. The average Bonchev–Trinajstić information content (AvgIpc) is 3.06. The lowest BCUT2D eigenvalue weighted by Gasteiger charge is -2.23. The lowest BCUT2D eigenvalue weighted by Crippen LogP contribution is -2.23. The highest BCUT2D eigenvalue weighted by molar-refractivity contribution is 7.91. The molecule has 0 aliphatic carbocycles. The van der Waals surface area contributed by atoms with E-state index in [2.05, 4.69) is 5.32 Å². The number of nitrogens with one attached hydrogen (secondary N) is 1. The van der Waals surface area contributed by atoms with E-state index in [4.69, 9.17) is 0 Å². The molecule has 1 amide bonds. The molecule has 4 rings (SSSR count). The van der Waals surface area contributed by atoms with E-state index in [1.165, 1.54) is 23.5 Å². The molecule has 0 unspecified atom stereocenters. The maximum atomic E-state index is 13.0. The number of carbonyl (C=O) groups is 1. The number of sulfone groups is 1. The van der Waals surface area contributed by atoms with Crippen LogP contribution in [0.25, 0.3) is 0 Å². The molecule has 26 heavy (non-hydrogen) atoms. The lowest BCUT2D eigenvalue weighted by atomic mass is 9.90. The number of amides is 1. The van der Waals surface area contributed by atoms with Gasteiger partial charge in [0.25, 0.3) is 0 Å². The summed E-state index contributed by atoms with van der Waals surface area (Å²) in [5.41, 5.74) is 1.13. The molecular weight excluding hydrogens is 370 g/mol. The maximum absolute atomic E-state index is 13.0. The third-order valence-corrected chi connectivity index (χ3v) is 7.41. The van der Waals surface area contributed by atoms with Gasteiger partial charge in [0.15, 0.2) is 0 Å². The zero-order valence-electron chi connectivity index (χ0n) is 13.5. The molecule has 0 fully saturated rings. The Balaban J connectivity index is 1.85. The second kappa shape index (κ2) is 6.26. The van der Waals surface area contributed by atoms with E-state index in [0.717, 1.165) is 10.4 Å². The molecule has 7 heteroatoms. The molecule has 1 aliphatic heterocycles. The molecular formula is C19H15NO4S2. The van der Waals surface area contributed by atoms with Crippen molar-refractivity contribution >= 4 is 32.8 Å². The first kappa shape index (κ1) is 16.8. The minimum absolute atomic E-state index is 0.113. The van der Waals surface area contributed by atoms with Gasteiger partial charge in [0.1, 0.15) is 10.6 Å². The predicted octanol–water partition coefficient (Wildman–Crippen LogP) is 3.76. The third kappa shape index (κ3) is 2.79. The fourth-order valence-electron chi connectivity index (χ4n) is 3.14. The standard InChI is InChI=1S/C19H15NO4S2/c21-13-6-4-5-12(9-13)15-10-17(22)20-18-16(11-25-19(15)18)26(23,24)14-7-2-1-3-8-14/h1-9,11,15,21H,10H2,(H,20,22)/t15-/m0/s1. The molecule has 0 saturated carbocycles. The summed E-state index contributed by atoms with van der Waals surface area (Å²) in [5.74, 6) is -0.409. The molecule has 0 spiro atoms. The van der Waals surface area contributed by atoms with Crippen LogP contribution >= 0.6 is 11.3 Å². The van der Waals surface area contributed by atoms with Gasteiger partial charge >= 0.3 is 0 Å². The van der Waals surface area contributed by atoms with Gasteiger partial charge in [-0.3, -0.25) is 4.79 Å². The van der Waals surface area contributed by atoms with Crippen LogP contribution < -0.4 is 5.32 Å². The van der Waals surface area contributed by atoms with E-state index in [1.807, 2.05) is 6.07 Å². The van der Waals surface area contributed by atoms with E-state index < -0.39 is 9.84 Å². The largest absolute Gasteiger partial charge is 0.508 e. The summed E-state index contributed by atoms with van der Waals surface area (Å²) in [6.45, 7) is 0. The van der Waals surface area contributed by atoms with Gasteiger partial charge in [-0.2, -0.15) is 0 Å². The van der Waals surface area contributed by atoms with Gasteiger partial charge in [0, 0.05) is 22.6 Å². The van der Waals surface area contributed by atoms with Gasteiger partial charge in [-0.15, -0.1) is 11.3 Å². The van der Waals surface area contributed by atoms with Crippen molar-refractivity contribution in [2.24, 2.45) is 0 Å². The molecule has 1 aliphatic rings. The number of aromatic hydroxyl groups is 1. The van der Waals surface area contributed by atoms with Crippen molar-refractivity contribution in [3.8, 4) is 5.75 Å². The smallest absolute Gasteiger partial charge is 0.225 e. The van der Waals surface area contributed by atoms with Gasteiger partial charge in [-0.05, 0) is 29.8 Å². The number of hydrogen-bond acceptors (Lipinski definition) is 5. The first-order valence-corrected chi connectivity index (χ1v) is 10.3. The highest BCUT2D eigenvalue weighted by Gasteiger charge is 2.34. The molecule has 2 heterocycles. The van der Waals surface area contributed by atoms with Crippen molar-refractivity contribution in [1.82, 2.24) is 0 Å². The molecule has 132 valence electrons. The Labute approximate surface area is 154 Å². The van der Waals surface area contributed by atoms with Crippen LogP contribution in [0.5, 0.6) is 5.75 Å². The van der Waals surface area contributed by atoms with E-state index in [9.17, 15) is 18.3 Å². The minimum Gasteiger partial charge on any atom is -0.508 e. The van der Waals surface area contributed by atoms with Crippen molar-refractivity contribution in [1.29, 1.82) is 0 Å². The molecule has 0 saturated heterocycles. The normalized spacial score (nSPS) is 16.8. The van der Waals surface area contributed by atoms with Crippen LogP contribution in [0.1, 0.15) is 22.8 Å². The van der Waals surface area contributed by atoms with Crippen LogP contribution in [0.3, 0.4) is 0 Å². The van der Waals surface area contributed by atoms with E-state index in [1.54, 1.807) is 41.8 Å². The number of benzene rings is 2. The quantitative estimate of drug-likeness (QED) is 0.719. The number of phenols is 1. The molecule has 0 radical (unpaired) electrons. The number of fused-ring (bicyclic) bond motifs is 1. The summed E-state index contributed by atoms with van der Waals surface area (Å²) in [6.07, 6.45) is 0.210. The second-order valence-electron chi connectivity index (χ2n) is 6.06. The second-order valence-corrected chi connectivity index (χ2v) is 8.88. The topological polar surface area (TPSA) is 83.5 Å². The molecule has 3 aromatic rings. The molecule has 0 bridgehead atoms. The van der Waals surface area contributed by atoms with Crippen molar-refractivity contribution in [2.45, 2.75) is 22.1 Å². The summed E-state index contributed by atoms with van der Waals surface area (Å²) in [7, 11) is -3.73. The highest BCUT2D eigenvalue weighted by Crippen LogP contribution is 2.46. The summed E-state index contributed by atoms with van der Waals surface area (Å²) < 4.78 is 26.0. The summed E-state index contributed by atoms with van der Waals surface area (Å²) in [6, 6.07) is 14.9. The molecule has 5 nitrogen and oxygen atoms in total. The average molecular weight is 385 g/mol. The molecule has 1 aromatic heterocycles. The van der Waals surface area contributed by atoms with Crippen LogP contribution in [0.4, 0.5) is 5.69 Å². The number of rotatable bonds is 3. The van der Waals surface area contributed by atoms with E-state index >= 15 is 0 Å². The monoisotopic (exact) mass is 385 g/mol. The number of carbonyl (C=O) groups excluding carboxylic acids is 1. The fourth-order valence-corrected chi connectivity index (χ4v) is 6.07. The van der Waals surface area contributed by atoms with Crippen molar-refractivity contribution in [3.63, 3.8) is 0 Å². The highest BCUT2D eigenvalue weighted by atomic mass is 32.2. The Morgan fingerprint density at radius 3 is 2.58 bits per heavy atom. The lowest BCUT2D eigenvalue weighted by molar-refractivity contribution is -0.116. The summed E-state index contributed by atoms with van der Waals surface area (Å²) in [5, 5.41) is 14.1. The third-order valence-electron chi connectivity index (χ3n) is 4.37. The zero-order chi connectivity index (χ0) is 18.3. The first-order chi connectivity index (χ1) is 12.5. The predicted molar refractivity (Wildman–Crippen MR) is 99.4 cm³/mol. The van der Waals surface area contributed by atoms with Crippen LogP contribution in [0.2, 0.25) is 0 Å². The van der Waals surface area contributed by atoms with Crippen LogP contribution in [0, 0.1) is 0 Å². The molecule has 2 aromatic carbocycles.